The molecule has 0 radical (unpaired) electrons. The number of carbonyl (C=O) groups is 2. The van der Waals surface area contributed by atoms with Crippen molar-refractivity contribution in [1.82, 2.24) is 5.32 Å². The van der Waals surface area contributed by atoms with Gasteiger partial charge in [-0.15, -0.1) is 0 Å². The van der Waals surface area contributed by atoms with Crippen LogP contribution in [0.3, 0.4) is 0 Å². The molecule has 5 heteroatoms. The molecular formula is C16H22INO3. The molecule has 0 unspecified atom stereocenters. The third kappa shape index (κ3) is 8.04. The molecule has 1 rings (SSSR count). The molecular weight excluding hydrogens is 378 g/mol. The van der Waals surface area contributed by atoms with Crippen molar-refractivity contribution in [3.63, 3.8) is 0 Å². The van der Waals surface area contributed by atoms with E-state index in [0.29, 0.717) is 19.4 Å². The first-order valence-corrected chi connectivity index (χ1v) is 8.31. The summed E-state index contributed by atoms with van der Waals surface area (Å²) in [7, 11) is 0. The Morgan fingerprint density at radius 1 is 1.24 bits per heavy atom. The number of nitrogens with one attached hydrogen (secondary N) is 1. The molecule has 0 aliphatic heterocycles. The molecule has 0 saturated heterocycles. The van der Waals surface area contributed by atoms with Crippen molar-refractivity contribution < 1.29 is 14.7 Å². The highest BCUT2D eigenvalue weighted by Crippen LogP contribution is 2.09. The highest BCUT2D eigenvalue weighted by molar-refractivity contribution is 14.1. The molecule has 0 spiro atoms. The van der Waals surface area contributed by atoms with Gasteiger partial charge in [0.05, 0.1) is 5.92 Å². The second-order valence-electron chi connectivity index (χ2n) is 5.21. The maximum absolute atomic E-state index is 11.7. The minimum Gasteiger partial charge on any atom is -0.481 e. The van der Waals surface area contributed by atoms with Gasteiger partial charge in [0.15, 0.2) is 0 Å². The largest absolute Gasteiger partial charge is 0.481 e. The molecule has 0 aliphatic rings. The molecule has 0 bridgehead atoms. The predicted octanol–water partition coefficient (Wildman–Crippen LogP) is 3.23. The van der Waals surface area contributed by atoms with Gasteiger partial charge in [0.1, 0.15) is 0 Å². The summed E-state index contributed by atoms with van der Waals surface area (Å²) in [5, 5.41) is 11.6. The highest BCUT2D eigenvalue weighted by Gasteiger charge is 2.09. The molecule has 4 nitrogen and oxygen atoms in total. The number of benzene rings is 1. The quantitative estimate of drug-likeness (QED) is 0.494. The predicted molar refractivity (Wildman–Crippen MR) is 91.1 cm³/mol. The lowest BCUT2D eigenvalue weighted by atomic mass is 10.0. The van der Waals surface area contributed by atoms with Crippen LogP contribution in [0.1, 0.15) is 38.2 Å². The number of amides is 1. The number of aryl methyl sites for hydroxylation is 1. The third-order valence-electron chi connectivity index (χ3n) is 3.36. The number of aliphatic carboxylic acids is 1. The van der Waals surface area contributed by atoms with Gasteiger partial charge in [-0.2, -0.15) is 0 Å². The molecule has 0 heterocycles. The van der Waals surface area contributed by atoms with Gasteiger partial charge in [-0.05, 0) is 59.5 Å². The molecule has 1 amide bonds. The van der Waals surface area contributed by atoms with Crippen molar-refractivity contribution in [2.24, 2.45) is 5.92 Å². The minimum absolute atomic E-state index is 0.0554. The van der Waals surface area contributed by atoms with Crippen LogP contribution in [0, 0.1) is 9.49 Å². The van der Waals surface area contributed by atoms with Gasteiger partial charge in [-0.1, -0.05) is 25.5 Å². The van der Waals surface area contributed by atoms with Gasteiger partial charge in [0, 0.05) is 16.5 Å². The van der Waals surface area contributed by atoms with E-state index in [2.05, 4.69) is 27.9 Å². The van der Waals surface area contributed by atoms with E-state index in [4.69, 9.17) is 5.11 Å². The van der Waals surface area contributed by atoms with Crippen LogP contribution in [0.4, 0.5) is 0 Å². The Bertz CT molecular complexity index is 459. The van der Waals surface area contributed by atoms with Gasteiger partial charge < -0.3 is 10.4 Å². The Labute approximate surface area is 139 Å². The zero-order valence-corrected chi connectivity index (χ0v) is 14.4. The summed E-state index contributed by atoms with van der Waals surface area (Å²) >= 11 is 2.26. The smallest absolute Gasteiger partial charge is 0.306 e. The normalized spacial score (nSPS) is 11.9. The SMILES string of the molecule is C[C@@H](CCCCNC(=O)CCc1ccc([124I])cc1)C(=O)O. The number of carboxylic acid groups (broad SMARTS) is 1. The molecule has 116 valence electrons. The summed E-state index contributed by atoms with van der Waals surface area (Å²) in [6.07, 6.45) is 3.55. The Kier molecular flexibility index (Phi) is 8.34. The van der Waals surface area contributed by atoms with Gasteiger partial charge in [-0.3, -0.25) is 9.59 Å². The highest BCUT2D eigenvalue weighted by atomic mass is 124. The fraction of sp³-hybridized carbons (Fsp3) is 0.500. The van der Waals surface area contributed by atoms with E-state index in [1.165, 1.54) is 9.13 Å². The van der Waals surface area contributed by atoms with E-state index in [-0.39, 0.29) is 11.8 Å². The summed E-state index contributed by atoms with van der Waals surface area (Å²) in [5.41, 5.74) is 1.17. The van der Waals surface area contributed by atoms with Crippen molar-refractivity contribution in [1.29, 1.82) is 0 Å². The number of hydrogen-bond donors (Lipinski definition) is 2. The molecule has 0 fully saturated rings. The maximum Gasteiger partial charge on any atom is 0.306 e. The Balaban J connectivity index is 2.09. The number of halogens is 1. The van der Waals surface area contributed by atoms with Crippen LogP contribution in [0.5, 0.6) is 0 Å². The first kappa shape index (κ1) is 17.9. The van der Waals surface area contributed by atoms with Crippen molar-refractivity contribution in [2.45, 2.75) is 39.0 Å². The van der Waals surface area contributed by atoms with Crippen LogP contribution in [-0.2, 0) is 16.0 Å². The standard InChI is InChI=1S/C16H22INO3/c1-12(16(20)21)4-2-3-11-18-15(19)10-7-13-5-8-14(17)9-6-13/h5-6,8-9,12H,2-4,7,10-11H2,1H3,(H,18,19)(H,20,21)/t12-/m0/s1/i17-3. The number of carboxylic acids is 1. The maximum atomic E-state index is 11.7. The van der Waals surface area contributed by atoms with E-state index >= 15 is 0 Å². The van der Waals surface area contributed by atoms with Gasteiger partial charge in [0.2, 0.25) is 5.91 Å². The van der Waals surface area contributed by atoms with Crippen molar-refractivity contribution >= 4 is 34.5 Å². The van der Waals surface area contributed by atoms with Crippen molar-refractivity contribution in [3.05, 3.63) is 33.4 Å². The molecule has 0 saturated carbocycles. The van der Waals surface area contributed by atoms with Crippen LogP contribution in [0.2, 0.25) is 0 Å². The molecule has 1 aromatic rings. The first-order chi connectivity index (χ1) is 9.99. The average molecular weight is 400 g/mol. The molecule has 1 atom stereocenters. The van der Waals surface area contributed by atoms with Gasteiger partial charge >= 0.3 is 5.97 Å². The minimum atomic E-state index is -0.753. The topological polar surface area (TPSA) is 66.4 Å². The van der Waals surface area contributed by atoms with Gasteiger partial charge in [0.25, 0.3) is 0 Å². The number of unbranched alkanes of at least 4 members (excludes halogenated alkanes) is 1. The van der Waals surface area contributed by atoms with E-state index in [1.54, 1.807) is 6.92 Å². The number of carbonyl (C=O) groups excluding carboxylic acids is 1. The van der Waals surface area contributed by atoms with Gasteiger partial charge in [-0.25, -0.2) is 0 Å². The summed E-state index contributed by atoms with van der Waals surface area (Å²) in [6.45, 7) is 2.33. The summed E-state index contributed by atoms with van der Waals surface area (Å²) in [4.78, 5) is 22.3. The Morgan fingerprint density at radius 2 is 1.90 bits per heavy atom. The second-order valence-corrected chi connectivity index (χ2v) is 6.46. The molecule has 21 heavy (non-hydrogen) atoms. The van der Waals surface area contributed by atoms with E-state index in [0.717, 1.165) is 19.3 Å². The van der Waals surface area contributed by atoms with E-state index in [9.17, 15) is 9.59 Å². The summed E-state index contributed by atoms with van der Waals surface area (Å²) < 4.78 is 1.19. The van der Waals surface area contributed by atoms with Crippen LogP contribution in [-0.4, -0.2) is 23.5 Å². The van der Waals surface area contributed by atoms with Crippen molar-refractivity contribution in [2.75, 3.05) is 6.54 Å². The first-order valence-electron chi connectivity index (χ1n) is 7.23. The van der Waals surface area contributed by atoms with Crippen LogP contribution >= 0.6 is 22.6 Å². The van der Waals surface area contributed by atoms with E-state index < -0.39 is 5.97 Å². The molecule has 0 aromatic heterocycles. The Morgan fingerprint density at radius 3 is 2.52 bits per heavy atom. The summed E-state index contributed by atoms with van der Waals surface area (Å²) in [6, 6.07) is 8.17. The zero-order chi connectivity index (χ0) is 15.7. The lowest BCUT2D eigenvalue weighted by Crippen LogP contribution is -2.24. The molecule has 1 aromatic carbocycles. The summed E-state index contributed by atoms with van der Waals surface area (Å²) in [5.74, 6) is -1.00. The number of hydrogen-bond acceptors (Lipinski definition) is 2. The lowest BCUT2D eigenvalue weighted by molar-refractivity contribution is -0.141. The molecule has 0 aliphatic carbocycles. The van der Waals surface area contributed by atoms with Crippen LogP contribution in [0.25, 0.3) is 0 Å². The second kappa shape index (κ2) is 9.76. The van der Waals surface area contributed by atoms with Crippen LogP contribution in [0.15, 0.2) is 24.3 Å². The van der Waals surface area contributed by atoms with Crippen LogP contribution < -0.4 is 5.32 Å². The van der Waals surface area contributed by atoms with Crippen molar-refractivity contribution in [3.8, 4) is 0 Å². The fourth-order valence-corrected chi connectivity index (χ4v) is 2.28. The third-order valence-corrected chi connectivity index (χ3v) is 4.08. The monoisotopic (exact) mass is 400 g/mol. The van der Waals surface area contributed by atoms with E-state index in [1.807, 2.05) is 24.3 Å². The zero-order valence-electron chi connectivity index (χ0n) is 12.3. The average Bonchev–Trinajstić information content (AvgIpc) is 2.46. The Hall–Kier alpha value is -1.11. The fourth-order valence-electron chi connectivity index (χ4n) is 1.92. The lowest BCUT2D eigenvalue weighted by Gasteiger charge is -2.07. The molecule has 2 N–H and O–H groups in total. The number of rotatable bonds is 9.